The van der Waals surface area contributed by atoms with E-state index in [9.17, 15) is 4.79 Å². The molecule has 0 spiro atoms. The van der Waals surface area contributed by atoms with Gasteiger partial charge in [0.25, 0.3) is 5.91 Å². The first-order valence-corrected chi connectivity index (χ1v) is 7.58. The van der Waals surface area contributed by atoms with Crippen LogP contribution in [0.5, 0.6) is 11.5 Å². The van der Waals surface area contributed by atoms with E-state index in [1.54, 1.807) is 38.5 Å². The standard InChI is InChI=1S/C18H17N3O4/c1-23-14-7-3-12(4-8-14)11-16-20-21-18(25-16)19-17(22)13-5-9-15(24-2)10-6-13/h3-10H,11H2,1-2H3,(H,19,21,22). The quantitative estimate of drug-likeness (QED) is 0.743. The van der Waals surface area contributed by atoms with Crippen molar-refractivity contribution in [3.63, 3.8) is 0 Å². The molecule has 7 nitrogen and oxygen atoms in total. The van der Waals surface area contributed by atoms with E-state index >= 15 is 0 Å². The molecule has 0 fully saturated rings. The van der Waals surface area contributed by atoms with Crippen LogP contribution in [0.15, 0.2) is 52.9 Å². The number of aromatic nitrogens is 2. The van der Waals surface area contributed by atoms with Crippen LogP contribution in [0.3, 0.4) is 0 Å². The summed E-state index contributed by atoms with van der Waals surface area (Å²) in [4.78, 5) is 12.2. The number of carbonyl (C=O) groups excluding carboxylic acids is 1. The van der Waals surface area contributed by atoms with E-state index in [-0.39, 0.29) is 11.9 Å². The van der Waals surface area contributed by atoms with Crippen LogP contribution in [0.4, 0.5) is 6.01 Å². The number of ether oxygens (including phenoxy) is 2. The molecule has 1 heterocycles. The van der Waals surface area contributed by atoms with Gasteiger partial charge in [-0.25, -0.2) is 0 Å². The van der Waals surface area contributed by atoms with Crippen molar-refractivity contribution >= 4 is 11.9 Å². The fraction of sp³-hybridized carbons (Fsp3) is 0.167. The second-order valence-corrected chi connectivity index (χ2v) is 5.21. The van der Waals surface area contributed by atoms with Gasteiger partial charge in [0, 0.05) is 5.56 Å². The average Bonchev–Trinajstić information content (AvgIpc) is 3.09. The molecule has 0 aliphatic heterocycles. The second-order valence-electron chi connectivity index (χ2n) is 5.21. The summed E-state index contributed by atoms with van der Waals surface area (Å²) in [5.74, 6) is 1.54. The van der Waals surface area contributed by atoms with Crippen LogP contribution >= 0.6 is 0 Å². The van der Waals surface area contributed by atoms with Crippen molar-refractivity contribution in [2.75, 3.05) is 19.5 Å². The van der Waals surface area contributed by atoms with Gasteiger partial charge in [-0.3, -0.25) is 10.1 Å². The van der Waals surface area contributed by atoms with Crippen LogP contribution in [0.2, 0.25) is 0 Å². The molecule has 0 saturated heterocycles. The molecule has 25 heavy (non-hydrogen) atoms. The van der Waals surface area contributed by atoms with Gasteiger partial charge >= 0.3 is 6.01 Å². The van der Waals surface area contributed by atoms with Gasteiger partial charge in [-0.15, -0.1) is 5.10 Å². The molecule has 1 aromatic heterocycles. The Labute approximate surface area is 144 Å². The van der Waals surface area contributed by atoms with E-state index in [4.69, 9.17) is 13.9 Å². The molecular formula is C18H17N3O4. The third kappa shape index (κ3) is 4.14. The third-order valence-corrected chi connectivity index (χ3v) is 3.55. The van der Waals surface area contributed by atoms with Gasteiger partial charge in [-0.05, 0) is 42.0 Å². The van der Waals surface area contributed by atoms with E-state index in [1.165, 1.54) is 0 Å². The molecule has 0 radical (unpaired) electrons. The van der Waals surface area contributed by atoms with Gasteiger partial charge in [-0.1, -0.05) is 17.2 Å². The number of rotatable bonds is 6. The highest BCUT2D eigenvalue weighted by molar-refractivity contribution is 6.03. The molecule has 0 aliphatic rings. The highest BCUT2D eigenvalue weighted by Gasteiger charge is 2.12. The van der Waals surface area contributed by atoms with Gasteiger partial charge in [0.1, 0.15) is 11.5 Å². The number of hydrogen-bond donors (Lipinski definition) is 1. The number of carbonyl (C=O) groups is 1. The summed E-state index contributed by atoms with van der Waals surface area (Å²) in [7, 11) is 3.18. The van der Waals surface area contributed by atoms with E-state index in [2.05, 4.69) is 15.5 Å². The van der Waals surface area contributed by atoms with E-state index in [0.29, 0.717) is 23.6 Å². The smallest absolute Gasteiger partial charge is 0.322 e. The second kappa shape index (κ2) is 7.48. The van der Waals surface area contributed by atoms with E-state index < -0.39 is 0 Å². The summed E-state index contributed by atoms with van der Waals surface area (Å²) in [6.07, 6.45) is 0.468. The van der Waals surface area contributed by atoms with E-state index in [1.807, 2.05) is 24.3 Å². The maximum atomic E-state index is 12.2. The summed E-state index contributed by atoms with van der Waals surface area (Å²) in [5.41, 5.74) is 1.47. The number of benzene rings is 2. The Balaban J connectivity index is 1.63. The molecule has 0 atom stereocenters. The topological polar surface area (TPSA) is 86.5 Å². The number of amides is 1. The highest BCUT2D eigenvalue weighted by atomic mass is 16.5. The lowest BCUT2D eigenvalue weighted by molar-refractivity contribution is 0.102. The van der Waals surface area contributed by atoms with Crippen molar-refractivity contribution < 1.29 is 18.7 Å². The molecule has 0 saturated carbocycles. The van der Waals surface area contributed by atoms with Gasteiger partial charge in [-0.2, -0.15) is 0 Å². The Hall–Kier alpha value is -3.35. The molecule has 1 amide bonds. The molecule has 1 N–H and O–H groups in total. The van der Waals surface area contributed by atoms with E-state index in [0.717, 1.165) is 11.3 Å². The third-order valence-electron chi connectivity index (χ3n) is 3.55. The minimum Gasteiger partial charge on any atom is -0.497 e. The van der Waals surface area contributed by atoms with Gasteiger partial charge in [0.15, 0.2) is 0 Å². The first-order chi connectivity index (χ1) is 12.2. The minimum atomic E-state index is -0.331. The lowest BCUT2D eigenvalue weighted by atomic mass is 10.1. The first-order valence-electron chi connectivity index (χ1n) is 7.58. The summed E-state index contributed by atoms with van der Waals surface area (Å²) >= 11 is 0. The molecule has 0 unspecified atom stereocenters. The van der Waals surface area contributed by atoms with Crippen LogP contribution in [0, 0.1) is 0 Å². The molecule has 3 aromatic rings. The Morgan fingerprint density at radius 3 is 2.16 bits per heavy atom. The number of hydrogen-bond acceptors (Lipinski definition) is 6. The van der Waals surface area contributed by atoms with Crippen LogP contribution in [0.25, 0.3) is 0 Å². The molecule has 0 bridgehead atoms. The zero-order chi connectivity index (χ0) is 17.6. The average molecular weight is 339 g/mol. The first kappa shape index (κ1) is 16.5. The zero-order valence-electron chi connectivity index (χ0n) is 13.9. The molecule has 0 aliphatic carbocycles. The van der Waals surface area contributed by atoms with Crippen LogP contribution in [-0.4, -0.2) is 30.3 Å². The number of methoxy groups -OCH3 is 2. The van der Waals surface area contributed by atoms with Crippen molar-refractivity contribution in [2.24, 2.45) is 0 Å². The molecule has 2 aromatic carbocycles. The Kier molecular flexibility index (Phi) is 4.94. The fourth-order valence-corrected chi connectivity index (χ4v) is 2.21. The van der Waals surface area contributed by atoms with Gasteiger partial charge in [0.2, 0.25) is 5.89 Å². The van der Waals surface area contributed by atoms with Crippen LogP contribution in [0.1, 0.15) is 21.8 Å². The fourth-order valence-electron chi connectivity index (χ4n) is 2.21. The zero-order valence-corrected chi connectivity index (χ0v) is 13.9. The maximum Gasteiger partial charge on any atom is 0.322 e. The minimum absolute atomic E-state index is 0.0596. The maximum absolute atomic E-state index is 12.2. The predicted molar refractivity (Wildman–Crippen MR) is 91.0 cm³/mol. The Morgan fingerprint density at radius 1 is 0.960 bits per heavy atom. The van der Waals surface area contributed by atoms with Crippen molar-refractivity contribution in [1.82, 2.24) is 10.2 Å². The van der Waals surface area contributed by atoms with Crippen molar-refractivity contribution in [3.8, 4) is 11.5 Å². The predicted octanol–water partition coefficient (Wildman–Crippen LogP) is 2.93. The van der Waals surface area contributed by atoms with Gasteiger partial charge in [0.05, 0.1) is 20.6 Å². The number of nitrogens with zero attached hydrogens (tertiary/aromatic N) is 2. The lowest BCUT2D eigenvalue weighted by Gasteiger charge is -2.02. The van der Waals surface area contributed by atoms with Crippen molar-refractivity contribution in [1.29, 1.82) is 0 Å². The monoisotopic (exact) mass is 339 g/mol. The Bertz CT molecular complexity index is 842. The normalized spacial score (nSPS) is 10.3. The van der Waals surface area contributed by atoms with Crippen LogP contribution in [-0.2, 0) is 6.42 Å². The summed E-state index contributed by atoms with van der Waals surface area (Å²) in [5, 5.41) is 10.4. The summed E-state index contributed by atoms with van der Waals surface area (Å²) in [6.45, 7) is 0. The number of anilines is 1. The van der Waals surface area contributed by atoms with Crippen LogP contribution < -0.4 is 14.8 Å². The summed E-state index contributed by atoms with van der Waals surface area (Å²) in [6, 6.07) is 14.3. The molecule has 128 valence electrons. The lowest BCUT2D eigenvalue weighted by Crippen LogP contribution is -2.11. The summed E-state index contributed by atoms with van der Waals surface area (Å²) < 4.78 is 15.6. The van der Waals surface area contributed by atoms with Crippen molar-refractivity contribution in [3.05, 3.63) is 65.5 Å². The molecular weight excluding hydrogens is 322 g/mol. The van der Waals surface area contributed by atoms with Crippen molar-refractivity contribution in [2.45, 2.75) is 6.42 Å². The number of nitrogens with one attached hydrogen (secondary N) is 1. The molecule has 7 heteroatoms. The van der Waals surface area contributed by atoms with Gasteiger partial charge < -0.3 is 13.9 Å². The largest absolute Gasteiger partial charge is 0.497 e. The Morgan fingerprint density at radius 2 is 1.56 bits per heavy atom. The SMILES string of the molecule is COc1ccc(Cc2nnc(NC(=O)c3ccc(OC)cc3)o2)cc1. The molecule has 3 rings (SSSR count). The highest BCUT2D eigenvalue weighted by Crippen LogP contribution is 2.16.